The minimum atomic E-state index is -4.08. The van der Waals surface area contributed by atoms with Crippen molar-refractivity contribution in [2.24, 2.45) is 0 Å². The maximum absolute atomic E-state index is 12.2. The summed E-state index contributed by atoms with van der Waals surface area (Å²) >= 11 is 0. The van der Waals surface area contributed by atoms with Gasteiger partial charge >= 0.3 is 6.18 Å². The highest BCUT2D eigenvalue weighted by Gasteiger charge is 2.28. The van der Waals surface area contributed by atoms with E-state index in [0.29, 0.717) is 6.42 Å². The van der Waals surface area contributed by atoms with E-state index in [9.17, 15) is 13.2 Å². The van der Waals surface area contributed by atoms with Gasteiger partial charge in [-0.15, -0.1) is 0 Å². The van der Waals surface area contributed by atoms with E-state index in [2.05, 4.69) is 38.2 Å². The van der Waals surface area contributed by atoms with Crippen LogP contribution in [0.1, 0.15) is 44.7 Å². The third kappa shape index (κ3) is 5.95. The first-order valence-electron chi connectivity index (χ1n) is 6.95. The van der Waals surface area contributed by atoms with Gasteiger partial charge in [0.1, 0.15) is 0 Å². The molecular formula is C16H24F3N. The van der Waals surface area contributed by atoms with Gasteiger partial charge in [0.25, 0.3) is 0 Å². The van der Waals surface area contributed by atoms with E-state index < -0.39 is 12.6 Å². The predicted octanol–water partition coefficient (Wildman–Crippen LogP) is 4.46. The highest BCUT2D eigenvalue weighted by Crippen LogP contribution is 2.24. The van der Waals surface area contributed by atoms with Gasteiger partial charge in [-0.25, -0.2) is 0 Å². The molecule has 0 bridgehead atoms. The Morgan fingerprint density at radius 1 is 1.05 bits per heavy atom. The smallest absolute Gasteiger partial charge is 0.317 e. The first-order chi connectivity index (χ1) is 9.12. The quantitative estimate of drug-likeness (QED) is 0.843. The van der Waals surface area contributed by atoms with E-state index in [0.717, 1.165) is 5.56 Å². The highest BCUT2D eigenvalue weighted by atomic mass is 19.4. The van der Waals surface area contributed by atoms with Crippen molar-refractivity contribution in [1.82, 2.24) is 5.32 Å². The van der Waals surface area contributed by atoms with Crippen molar-refractivity contribution >= 4 is 0 Å². The molecule has 1 N–H and O–H groups in total. The zero-order valence-electron chi connectivity index (χ0n) is 12.6. The number of alkyl halides is 3. The van der Waals surface area contributed by atoms with Crippen LogP contribution in [0.2, 0.25) is 0 Å². The summed E-state index contributed by atoms with van der Waals surface area (Å²) in [6.07, 6.45) is -4.08. The Morgan fingerprint density at radius 2 is 1.60 bits per heavy atom. The Balaban J connectivity index is 2.62. The van der Waals surface area contributed by atoms with E-state index in [-0.39, 0.29) is 17.9 Å². The normalized spacial score (nSPS) is 14.3. The molecule has 1 unspecified atom stereocenters. The van der Waals surface area contributed by atoms with E-state index in [1.807, 2.05) is 12.1 Å². The van der Waals surface area contributed by atoms with Crippen molar-refractivity contribution in [3.63, 3.8) is 0 Å². The van der Waals surface area contributed by atoms with Crippen molar-refractivity contribution in [1.29, 1.82) is 0 Å². The molecule has 1 atom stereocenters. The molecule has 4 heteroatoms. The lowest BCUT2D eigenvalue weighted by atomic mass is 9.86. The van der Waals surface area contributed by atoms with Crippen molar-refractivity contribution < 1.29 is 13.2 Å². The maximum atomic E-state index is 12.2. The molecule has 0 aliphatic heterocycles. The summed E-state index contributed by atoms with van der Waals surface area (Å²) in [5.41, 5.74) is 2.40. The molecule has 20 heavy (non-hydrogen) atoms. The lowest BCUT2D eigenvalue weighted by Gasteiger charge is -2.20. The largest absolute Gasteiger partial charge is 0.389 e. The van der Waals surface area contributed by atoms with Gasteiger partial charge in [-0.3, -0.25) is 0 Å². The van der Waals surface area contributed by atoms with Gasteiger partial charge in [-0.2, -0.15) is 13.2 Å². The fourth-order valence-corrected chi connectivity index (χ4v) is 2.11. The second kappa shape index (κ2) is 6.61. The van der Waals surface area contributed by atoms with Crippen molar-refractivity contribution in [3.05, 3.63) is 35.4 Å². The first-order valence-corrected chi connectivity index (χ1v) is 6.95. The zero-order chi connectivity index (χ0) is 15.4. The zero-order valence-corrected chi connectivity index (χ0v) is 12.6. The van der Waals surface area contributed by atoms with Crippen LogP contribution in [0.3, 0.4) is 0 Å². The van der Waals surface area contributed by atoms with Gasteiger partial charge in [0.2, 0.25) is 0 Å². The topological polar surface area (TPSA) is 12.0 Å². The average Bonchev–Trinajstić information content (AvgIpc) is 2.33. The molecule has 1 rings (SSSR count). The lowest BCUT2D eigenvalue weighted by Crippen LogP contribution is -2.29. The van der Waals surface area contributed by atoms with Crippen LogP contribution in [0.4, 0.5) is 13.2 Å². The van der Waals surface area contributed by atoms with Crippen molar-refractivity contribution in [3.8, 4) is 0 Å². The molecule has 0 radical (unpaired) electrons. The number of hydrogen-bond donors (Lipinski definition) is 1. The molecule has 0 aromatic heterocycles. The molecule has 1 nitrogen and oxygen atoms in total. The summed E-state index contributed by atoms with van der Waals surface area (Å²) in [5, 5.41) is 2.97. The Labute approximate surface area is 119 Å². The van der Waals surface area contributed by atoms with Crippen LogP contribution in [0.25, 0.3) is 0 Å². The molecule has 0 amide bonds. The van der Waals surface area contributed by atoms with Crippen LogP contribution in [0, 0.1) is 0 Å². The summed E-state index contributed by atoms with van der Waals surface area (Å²) in [7, 11) is 1.71. The monoisotopic (exact) mass is 287 g/mol. The Hall–Kier alpha value is -1.03. The Morgan fingerprint density at radius 3 is 2.00 bits per heavy atom. The van der Waals surface area contributed by atoms with Gasteiger partial charge in [-0.1, -0.05) is 45.0 Å². The van der Waals surface area contributed by atoms with E-state index in [1.54, 1.807) is 7.05 Å². The predicted molar refractivity (Wildman–Crippen MR) is 77.0 cm³/mol. The second-order valence-corrected chi connectivity index (χ2v) is 6.29. The van der Waals surface area contributed by atoms with Gasteiger partial charge in [0, 0.05) is 12.5 Å². The summed E-state index contributed by atoms with van der Waals surface area (Å²) in [4.78, 5) is 0. The fraction of sp³-hybridized carbons (Fsp3) is 0.625. The fourth-order valence-electron chi connectivity index (χ4n) is 2.11. The number of benzene rings is 1. The number of halogens is 3. The van der Waals surface area contributed by atoms with Gasteiger partial charge in [0.15, 0.2) is 0 Å². The van der Waals surface area contributed by atoms with Crippen LogP contribution in [0.15, 0.2) is 24.3 Å². The minimum absolute atomic E-state index is 0.0945. The molecule has 0 saturated heterocycles. The Bertz CT molecular complexity index is 401. The van der Waals surface area contributed by atoms with Crippen molar-refractivity contribution in [2.75, 3.05) is 7.05 Å². The first kappa shape index (κ1) is 17.0. The molecule has 0 heterocycles. The maximum Gasteiger partial charge on any atom is 0.389 e. The van der Waals surface area contributed by atoms with Gasteiger partial charge < -0.3 is 5.32 Å². The third-order valence-electron chi connectivity index (χ3n) is 3.49. The van der Waals surface area contributed by atoms with Crippen LogP contribution in [0.5, 0.6) is 0 Å². The standard InChI is InChI=1S/C16H24F3N/c1-15(2,3)13-7-5-12(6-8-13)11-14(20-4)9-10-16(17,18)19/h5-8,14,20H,9-11H2,1-4H3. The van der Waals surface area contributed by atoms with E-state index >= 15 is 0 Å². The lowest BCUT2D eigenvalue weighted by molar-refractivity contribution is -0.136. The molecule has 1 aromatic rings. The molecule has 0 saturated carbocycles. The summed E-state index contributed by atoms with van der Waals surface area (Å²) in [6.45, 7) is 6.42. The average molecular weight is 287 g/mol. The highest BCUT2D eigenvalue weighted by molar-refractivity contribution is 5.28. The van der Waals surface area contributed by atoms with Crippen molar-refractivity contribution in [2.45, 2.75) is 57.7 Å². The number of rotatable bonds is 5. The molecular weight excluding hydrogens is 263 g/mol. The van der Waals surface area contributed by atoms with Crippen LogP contribution >= 0.6 is 0 Å². The van der Waals surface area contributed by atoms with E-state index in [4.69, 9.17) is 0 Å². The second-order valence-electron chi connectivity index (χ2n) is 6.29. The number of nitrogens with one attached hydrogen (secondary N) is 1. The Kier molecular flexibility index (Phi) is 5.63. The van der Waals surface area contributed by atoms with Crippen LogP contribution in [-0.2, 0) is 11.8 Å². The van der Waals surface area contributed by atoms with Gasteiger partial charge in [-0.05, 0) is 36.4 Å². The molecule has 0 aliphatic carbocycles. The van der Waals surface area contributed by atoms with Crippen LogP contribution < -0.4 is 5.32 Å². The molecule has 114 valence electrons. The molecule has 1 aromatic carbocycles. The SMILES string of the molecule is CNC(CCC(F)(F)F)Cc1ccc(C(C)(C)C)cc1. The third-order valence-corrected chi connectivity index (χ3v) is 3.49. The number of likely N-dealkylation sites (N-methyl/N-ethyl adjacent to an activating group) is 1. The van der Waals surface area contributed by atoms with Crippen LogP contribution in [-0.4, -0.2) is 19.3 Å². The van der Waals surface area contributed by atoms with E-state index in [1.165, 1.54) is 5.56 Å². The summed E-state index contributed by atoms with van der Waals surface area (Å²) < 4.78 is 36.7. The molecule has 0 aliphatic rings. The summed E-state index contributed by atoms with van der Waals surface area (Å²) in [6, 6.07) is 8.01. The van der Waals surface area contributed by atoms with Gasteiger partial charge in [0.05, 0.1) is 0 Å². The number of hydrogen-bond acceptors (Lipinski definition) is 1. The molecule has 0 spiro atoms. The molecule has 0 fully saturated rings. The minimum Gasteiger partial charge on any atom is -0.317 e. The summed E-state index contributed by atoms with van der Waals surface area (Å²) in [5.74, 6) is 0.